The van der Waals surface area contributed by atoms with E-state index in [2.05, 4.69) is 84.2 Å². The molecule has 2 aliphatic rings. The number of rotatable bonds is 7. The van der Waals surface area contributed by atoms with E-state index in [-0.39, 0.29) is 17.9 Å². The van der Waals surface area contributed by atoms with Crippen molar-refractivity contribution in [1.82, 2.24) is 10.2 Å². The highest BCUT2D eigenvalue weighted by Gasteiger charge is 2.30. The van der Waals surface area contributed by atoms with Crippen LogP contribution in [0.15, 0.2) is 84.9 Å². The molecular formula is C34H36N2O2. The van der Waals surface area contributed by atoms with E-state index in [1.54, 1.807) is 0 Å². The summed E-state index contributed by atoms with van der Waals surface area (Å²) in [6, 6.07) is 30.0. The SMILES string of the molecule is Cc1ccc(C2CC(CNCCc3cccc4ccccc34)Oc3ccccc32)cc1C(=O)N1CCCC1. The second kappa shape index (κ2) is 11.0. The zero-order chi connectivity index (χ0) is 25.9. The molecule has 0 radical (unpaired) electrons. The van der Waals surface area contributed by atoms with Gasteiger partial charge >= 0.3 is 0 Å². The summed E-state index contributed by atoms with van der Waals surface area (Å²) < 4.78 is 6.45. The molecule has 38 heavy (non-hydrogen) atoms. The van der Waals surface area contributed by atoms with Gasteiger partial charge in [-0.3, -0.25) is 4.79 Å². The monoisotopic (exact) mass is 504 g/mol. The minimum absolute atomic E-state index is 0.0708. The number of amides is 1. The maximum absolute atomic E-state index is 13.3. The molecule has 4 heteroatoms. The number of fused-ring (bicyclic) bond motifs is 2. The maximum Gasteiger partial charge on any atom is 0.254 e. The summed E-state index contributed by atoms with van der Waals surface area (Å²) in [5.74, 6) is 1.34. The molecule has 0 aromatic heterocycles. The lowest BCUT2D eigenvalue weighted by Gasteiger charge is -2.33. The molecule has 1 N–H and O–H groups in total. The van der Waals surface area contributed by atoms with Crippen molar-refractivity contribution >= 4 is 16.7 Å². The summed E-state index contributed by atoms with van der Waals surface area (Å²) in [5, 5.41) is 6.29. The van der Waals surface area contributed by atoms with E-state index in [1.807, 2.05) is 17.9 Å². The minimum atomic E-state index is 0.0708. The smallest absolute Gasteiger partial charge is 0.254 e. The number of hydrogen-bond acceptors (Lipinski definition) is 3. The fourth-order valence-corrected chi connectivity index (χ4v) is 6.11. The van der Waals surface area contributed by atoms with Crippen LogP contribution < -0.4 is 10.1 Å². The van der Waals surface area contributed by atoms with Crippen LogP contribution >= 0.6 is 0 Å². The number of ether oxygens (including phenoxy) is 1. The first kappa shape index (κ1) is 24.7. The fourth-order valence-electron chi connectivity index (χ4n) is 6.11. The van der Waals surface area contributed by atoms with Gasteiger partial charge in [-0.25, -0.2) is 0 Å². The number of aryl methyl sites for hydroxylation is 1. The number of hydrogen-bond donors (Lipinski definition) is 1. The first-order valence-corrected chi connectivity index (χ1v) is 14.0. The van der Waals surface area contributed by atoms with Crippen molar-refractivity contribution in [2.24, 2.45) is 0 Å². The van der Waals surface area contributed by atoms with Gasteiger partial charge in [-0.2, -0.15) is 0 Å². The normalized spacial score (nSPS) is 18.8. The largest absolute Gasteiger partial charge is 0.489 e. The van der Waals surface area contributed by atoms with Crippen molar-refractivity contribution in [2.75, 3.05) is 26.2 Å². The van der Waals surface area contributed by atoms with Gasteiger partial charge in [0.05, 0.1) is 0 Å². The lowest BCUT2D eigenvalue weighted by atomic mass is 9.83. The Balaban J connectivity index is 1.17. The summed E-state index contributed by atoms with van der Waals surface area (Å²) in [7, 11) is 0. The molecule has 4 aromatic carbocycles. The van der Waals surface area contributed by atoms with Crippen LogP contribution in [0, 0.1) is 6.92 Å². The Morgan fingerprint density at radius 3 is 2.63 bits per heavy atom. The van der Waals surface area contributed by atoms with Gasteiger partial charge in [0.15, 0.2) is 0 Å². The lowest BCUT2D eigenvalue weighted by molar-refractivity contribution is 0.0792. The lowest BCUT2D eigenvalue weighted by Crippen LogP contribution is -2.36. The molecule has 6 rings (SSSR count). The van der Waals surface area contributed by atoms with Crippen molar-refractivity contribution in [3.8, 4) is 5.75 Å². The van der Waals surface area contributed by atoms with Crippen LogP contribution in [0.5, 0.6) is 5.75 Å². The predicted octanol–water partition coefficient (Wildman–Crippen LogP) is 6.50. The number of nitrogens with one attached hydrogen (secondary N) is 1. The maximum atomic E-state index is 13.3. The van der Waals surface area contributed by atoms with E-state index in [9.17, 15) is 4.79 Å². The summed E-state index contributed by atoms with van der Waals surface area (Å²) in [5.41, 5.74) is 5.69. The first-order valence-electron chi connectivity index (χ1n) is 14.0. The number of carbonyl (C=O) groups is 1. The summed E-state index contributed by atoms with van der Waals surface area (Å²) in [6.45, 7) is 5.48. The number of carbonyl (C=O) groups excluding carboxylic acids is 1. The third-order valence-corrected chi connectivity index (χ3v) is 8.20. The van der Waals surface area contributed by atoms with Crippen molar-refractivity contribution < 1.29 is 9.53 Å². The van der Waals surface area contributed by atoms with Crippen molar-refractivity contribution in [2.45, 2.75) is 44.6 Å². The molecule has 0 saturated carbocycles. The van der Waals surface area contributed by atoms with Crippen LogP contribution in [0.2, 0.25) is 0 Å². The quantitative estimate of drug-likeness (QED) is 0.292. The molecule has 2 atom stereocenters. The molecule has 2 aliphatic heterocycles. The van der Waals surface area contributed by atoms with E-state index >= 15 is 0 Å². The van der Waals surface area contributed by atoms with Crippen molar-refractivity contribution in [3.05, 3.63) is 113 Å². The molecule has 2 heterocycles. The Bertz CT molecular complexity index is 1430. The highest BCUT2D eigenvalue weighted by Crippen LogP contribution is 2.40. The Morgan fingerprint density at radius 2 is 1.74 bits per heavy atom. The van der Waals surface area contributed by atoms with Gasteiger partial charge < -0.3 is 15.0 Å². The second-order valence-electron chi connectivity index (χ2n) is 10.7. The highest BCUT2D eigenvalue weighted by molar-refractivity contribution is 5.96. The molecule has 4 nitrogen and oxygen atoms in total. The van der Waals surface area contributed by atoms with Gasteiger partial charge in [0, 0.05) is 36.7 Å². The van der Waals surface area contributed by atoms with Crippen LogP contribution in [-0.4, -0.2) is 43.1 Å². The van der Waals surface area contributed by atoms with Crippen LogP contribution in [0.1, 0.15) is 57.8 Å². The van der Waals surface area contributed by atoms with Gasteiger partial charge in [0.2, 0.25) is 0 Å². The number of nitrogens with zero attached hydrogens (tertiary/aromatic N) is 1. The van der Waals surface area contributed by atoms with Gasteiger partial charge in [-0.15, -0.1) is 0 Å². The summed E-state index contributed by atoms with van der Waals surface area (Å²) in [4.78, 5) is 15.3. The van der Waals surface area contributed by atoms with Crippen molar-refractivity contribution in [3.63, 3.8) is 0 Å². The van der Waals surface area contributed by atoms with E-state index < -0.39 is 0 Å². The van der Waals surface area contributed by atoms with Crippen LogP contribution in [0.4, 0.5) is 0 Å². The third-order valence-electron chi connectivity index (χ3n) is 8.20. The van der Waals surface area contributed by atoms with E-state index in [1.165, 1.54) is 27.5 Å². The minimum Gasteiger partial charge on any atom is -0.489 e. The van der Waals surface area contributed by atoms with Crippen molar-refractivity contribution in [1.29, 1.82) is 0 Å². The predicted molar refractivity (Wildman–Crippen MR) is 154 cm³/mol. The molecule has 0 spiro atoms. The Kier molecular flexibility index (Phi) is 7.15. The van der Waals surface area contributed by atoms with E-state index in [4.69, 9.17) is 4.74 Å². The van der Waals surface area contributed by atoms with E-state index in [0.29, 0.717) is 0 Å². The molecule has 1 fully saturated rings. The molecular weight excluding hydrogens is 468 g/mol. The molecule has 2 unspecified atom stereocenters. The molecule has 0 bridgehead atoms. The third kappa shape index (κ3) is 5.06. The average Bonchev–Trinajstić information content (AvgIpc) is 3.50. The highest BCUT2D eigenvalue weighted by atomic mass is 16.5. The Morgan fingerprint density at radius 1 is 0.947 bits per heavy atom. The number of para-hydroxylation sites is 1. The molecule has 0 aliphatic carbocycles. The number of likely N-dealkylation sites (tertiary alicyclic amines) is 1. The van der Waals surface area contributed by atoms with Gasteiger partial charge in [0.1, 0.15) is 11.9 Å². The standard InChI is InChI=1S/C34H36N2O2/c1-24-15-16-27(21-31(24)34(37)36-19-6-7-20-36)32-22-28(38-33-14-5-4-13-30(32)33)23-35-18-17-26-11-8-10-25-9-2-3-12-29(25)26/h2-5,8-16,21,28,32,35H,6-7,17-20,22-23H2,1H3. The topological polar surface area (TPSA) is 41.6 Å². The van der Waals surface area contributed by atoms with Crippen LogP contribution in [0.25, 0.3) is 10.8 Å². The molecule has 1 saturated heterocycles. The molecule has 4 aromatic rings. The van der Waals surface area contributed by atoms with Crippen LogP contribution in [-0.2, 0) is 6.42 Å². The van der Waals surface area contributed by atoms with Gasteiger partial charge in [-0.05, 0) is 78.7 Å². The summed E-state index contributed by atoms with van der Waals surface area (Å²) >= 11 is 0. The number of benzene rings is 4. The average molecular weight is 505 g/mol. The van der Waals surface area contributed by atoms with E-state index in [0.717, 1.165) is 68.7 Å². The van der Waals surface area contributed by atoms with Gasteiger partial charge in [-0.1, -0.05) is 72.8 Å². The summed E-state index contributed by atoms with van der Waals surface area (Å²) in [6.07, 6.45) is 4.15. The van der Waals surface area contributed by atoms with Crippen LogP contribution in [0.3, 0.4) is 0 Å². The fraction of sp³-hybridized carbons (Fsp3) is 0.324. The second-order valence-corrected chi connectivity index (χ2v) is 10.7. The Hall–Kier alpha value is -3.63. The molecule has 194 valence electrons. The zero-order valence-corrected chi connectivity index (χ0v) is 22.2. The molecule has 1 amide bonds. The zero-order valence-electron chi connectivity index (χ0n) is 22.2. The Labute approximate surface area is 225 Å². The van der Waals surface area contributed by atoms with Gasteiger partial charge in [0.25, 0.3) is 5.91 Å². The first-order chi connectivity index (χ1) is 18.7.